The van der Waals surface area contributed by atoms with E-state index in [9.17, 15) is 24.3 Å². The summed E-state index contributed by atoms with van der Waals surface area (Å²) in [6, 6.07) is 16.4. The van der Waals surface area contributed by atoms with Gasteiger partial charge in [-0.1, -0.05) is 45.9 Å². The lowest BCUT2D eigenvalue weighted by Gasteiger charge is -2.35. The molecular weight excluding hydrogens is 789 g/mol. The molecule has 3 aromatic heterocycles. The van der Waals surface area contributed by atoms with Gasteiger partial charge >= 0.3 is 12.2 Å². The number of alkyl carbamates (subject to hydrolysis) is 1. The Morgan fingerprint density at radius 3 is 1.84 bits per heavy atom. The highest BCUT2D eigenvalue weighted by Gasteiger charge is 2.57. The second-order valence-electron chi connectivity index (χ2n) is 18.2. The van der Waals surface area contributed by atoms with E-state index in [-0.39, 0.29) is 47.8 Å². The highest BCUT2D eigenvalue weighted by atomic mass is 16.5. The Hall–Kier alpha value is -6.58. The van der Waals surface area contributed by atoms with E-state index >= 15 is 0 Å². The Kier molecular flexibility index (Phi) is 9.44. The maximum Gasteiger partial charge on any atom is 0.407 e. The molecule has 5 heterocycles. The number of carbonyl (C=O) groups is 4. The van der Waals surface area contributed by atoms with Crippen molar-refractivity contribution in [2.75, 3.05) is 14.2 Å². The average molecular weight is 839 g/mol. The molecule has 0 spiro atoms. The normalized spacial score (nSPS) is 23.5. The molecule has 3 aromatic carbocycles. The van der Waals surface area contributed by atoms with Crippen LogP contribution in [-0.2, 0) is 14.3 Å². The Bertz CT molecular complexity index is 2800. The zero-order chi connectivity index (χ0) is 43.3. The van der Waals surface area contributed by atoms with Crippen LogP contribution in [0.5, 0.6) is 0 Å². The fourth-order valence-corrected chi connectivity index (χ4v) is 10.1. The molecule has 2 saturated carbocycles. The molecule has 4 N–H and O–H groups in total. The number of hydrogen-bond donors (Lipinski definition) is 4. The lowest BCUT2D eigenvalue weighted by molar-refractivity contribution is -0.140. The first-order valence-electron chi connectivity index (χ1n) is 21.5. The summed E-state index contributed by atoms with van der Waals surface area (Å²) in [7, 11) is 2.76. The molecule has 0 bridgehead atoms. The number of aromatic amines is 2. The molecule has 8 atom stereocenters. The van der Waals surface area contributed by atoms with Crippen molar-refractivity contribution in [3.8, 4) is 22.4 Å². The minimum Gasteiger partial charge on any atom is -0.465 e. The number of rotatable bonds is 10. The zero-order valence-corrected chi connectivity index (χ0v) is 35.5. The number of carbonyl (C=O) groups excluding carboxylic acids is 3. The van der Waals surface area contributed by atoms with Crippen LogP contribution in [0.4, 0.5) is 9.59 Å². The first kappa shape index (κ1) is 39.5. The van der Waals surface area contributed by atoms with Crippen LogP contribution in [0, 0.1) is 23.7 Å². The van der Waals surface area contributed by atoms with E-state index in [1.165, 1.54) is 14.2 Å². The lowest BCUT2D eigenvalue weighted by atomic mass is 10.0. The Labute approximate surface area is 357 Å². The topological polar surface area (TPSA) is 203 Å². The van der Waals surface area contributed by atoms with Crippen molar-refractivity contribution in [2.45, 2.75) is 89.6 Å². The number of likely N-dealkylation sites (N-methyl/N-ethyl adjacent to an activating group) is 1. The van der Waals surface area contributed by atoms with Gasteiger partial charge in [0.05, 0.1) is 64.2 Å². The summed E-state index contributed by atoms with van der Waals surface area (Å²) in [5.41, 5.74) is 8.27. The smallest absolute Gasteiger partial charge is 0.407 e. The fourth-order valence-electron chi connectivity index (χ4n) is 10.1. The molecule has 2 saturated heterocycles. The number of imidazole rings is 2. The van der Waals surface area contributed by atoms with E-state index in [1.54, 1.807) is 6.20 Å². The van der Waals surface area contributed by atoms with Gasteiger partial charge in [-0.2, -0.15) is 0 Å². The number of aromatic nitrogens is 6. The second kappa shape index (κ2) is 14.8. The van der Waals surface area contributed by atoms with Gasteiger partial charge in [0.2, 0.25) is 11.8 Å². The van der Waals surface area contributed by atoms with E-state index in [1.807, 2.05) is 92.1 Å². The minimum absolute atomic E-state index is 0.106. The molecule has 2 aliphatic carbocycles. The number of nitrogens with one attached hydrogen (secondary N) is 3. The zero-order valence-electron chi connectivity index (χ0n) is 35.5. The molecule has 10 rings (SSSR count). The molecule has 4 amide bonds. The molecule has 4 fully saturated rings. The van der Waals surface area contributed by atoms with Crippen molar-refractivity contribution in [3.63, 3.8) is 0 Å². The van der Waals surface area contributed by atoms with Gasteiger partial charge in [0, 0.05) is 24.7 Å². The summed E-state index contributed by atoms with van der Waals surface area (Å²) in [5, 5.41) is 12.5. The number of hydrogen-bond acceptors (Lipinski definition) is 9. The second-order valence-corrected chi connectivity index (χ2v) is 18.2. The van der Waals surface area contributed by atoms with Crippen molar-refractivity contribution >= 4 is 57.1 Å². The minimum atomic E-state index is -1.12. The van der Waals surface area contributed by atoms with Crippen LogP contribution < -0.4 is 5.32 Å². The Morgan fingerprint density at radius 1 is 0.726 bits per heavy atom. The molecular formula is C46H50N10O6. The van der Waals surface area contributed by atoms with Gasteiger partial charge in [0.15, 0.2) is 0 Å². The van der Waals surface area contributed by atoms with E-state index in [4.69, 9.17) is 24.7 Å². The first-order valence-corrected chi connectivity index (χ1v) is 21.5. The summed E-state index contributed by atoms with van der Waals surface area (Å²) in [6.07, 6.45) is 3.53. The third-order valence-corrected chi connectivity index (χ3v) is 13.5. The maximum atomic E-state index is 14.0. The van der Waals surface area contributed by atoms with Crippen molar-refractivity contribution in [1.29, 1.82) is 0 Å². The maximum absolute atomic E-state index is 14.0. The van der Waals surface area contributed by atoms with E-state index in [2.05, 4.69) is 15.3 Å². The van der Waals surface area contributed by atoms with Crippen LogP contribution in [-0.4, -0.2) is 112 Å². The standard InChI is InChI=1S/C46H50N10O6/c1-21(2)39(53-45(59)62-6)43(57)55-35-16-26(35)18-37(55)41-49-29-11-8-24(14-32(29)51-41)23-7-10-28-31(13-23)47-20-34(48-28)25-9-12-30-33(15-25)52-42(50-30)38-19-27-17-36(27)56(38)44(58)40(22(3)4)54(5)46(60)61/h7-15,20-22,26-27,35-40H,16-19H2,1-6H3,(H,49,51)(H,50,52)(H,53,59)(H,60,61)/t26-,27-,35-,36-,37+,38+,39+,40+/m1/s1. The highest BCUT2D eigenvalue weighted by Crippen LogP contribution is 2.55. The van der Waals surface area contributed by atoms with E-state index in [0.29, 0.717) is 23.4 Å². The largest absolute Gasteiger partial charge is 0.465 e. The Morgan fingerprint density at radius 2 is 1.27 bits per heavy atom. The van der Waals surface area contributed by atoms with E-state index in [0.717, 1.165) is 86.2 Å². The Balaban J connectivity index is 0.873. The van der Waals surface area contributed by atoms with Crippen LogP contribution in [0.15, 0.2) is 60.8 Å². The summed E-state index contributed by atoms with van der Waals surface area (Å²) in [5.74, 6) is 1.69. The fraction of sp³-hybridized carbons (Fsp3) is 0.435. The van der Waals surface area contributed by atoms with Gasteiger partial charge in [-0.15, -0.1) is 0 Å². The predicted octanol–water partition coefficient (Wildman–Crippen LogP) is 7.06. The number of likely N-dealkylation sites (tertiary alicyclic amines) is 2. The van der Waals surface area contributed by atoms with Gasteiger partial charge in [-0.3, -0.25) is 19.5 Å². The SMILES string of the molecule is COC(=O)N[C@H](C(=O)N1[C@@H]2C[C@@H]2C[C@H]1c1nc2cc(-c3ccc4nc(-c5ccc6[nH]c([C@@H]7C[C@H]8C[C@H]8N7C(=O)[C@H](C(C)C)N(C)C(=O)O)nc6c5)cnc4c3)ccc2[nH]1)C(C)C. The molecule has 16 nitrogen and oxygen atoms in total. The quantitative estimate of drug-likeness (QED) is 0.111. The van der Waals surface area contributed by atoms with Gasteiger partial charge in [0.25, 0.3) is 0 Å². The molecule has 2 aliphatic heterocycles. The summed E-state index contributed by atoms with van der Waals surface area (Å²) < 4.78 is 4.81. The first-order chi connectivity index (χ1) is 29.8. The van der Waals surface area contributed by atoms with Gasteiger partial charge < -0.3 is 34.9 Å². The molecule has 62 heavy (non-hydrogen) atoms. The van der Waals surface area contributed by atoms with Crippen molar-refractivity contribution < 1.29 is 29.0 Å². The van der Waals surface area contributed by atoms with Crippen LogP contribution in [0.3, 0.4) is 0 Å². The van der Waals surface area contributed by atoms with E-state index < -0.39 is 24.3 Å². The van der Waals surface area contributed by atoms with Gasteiger partial charge in [0.1, 0.15) is 23.7 Å². The number of methoxy groups -OCH3 is 1. The number of H-pyrrole nitrogens is 2. The molecule has 0 unspecified atom stereocenters. The summed E-state index contributed by atoms with van der Waals surface area (Å²) in [6.45, 7) is 7.59. The summed E-state index contributed by atoms with van der Waals surface area (Å²) >= 11 is 0. The third-order valence-electron chi connectivity index (χ3n) is 13.5. The average Bonchev–Trinajstić information content (AvgIpc) is 3.91. The van der Waals surface area contributed by atoms with Crippen LogP contribution in [0.25, 0.3) is 55.5 Å². The number of ether oxygens (including phenoxy) is 1. The summed E-state index contributed by atoms with van der Waals surface area (Å²) in [4.78, 5) is 83.5. The van der Waals surface area contributed by atoms with Crippen LogP contribution >= 0.6 is 0 Å². The van der Waals surface area contributed by atoms with Gasteiger partial charge in [-0.25, -0.2) is 24.5 Å². The number of benzene rings is 3. The predicted molar refractivity (Wildman–Crippen MR) is 230 cm³/mol. The van der Waals surface area contributed by atoms with Crippen molar-refractivity contribution in [3.05, 3.63) is 72.4 Å². The third kappa shape index (κ3) is 6.75. The number of piperidine rings is 2. The molecule has 320 valence electrons. The molecule has 6 aromatic rings. The number of nitrogens with zero attached hydrogens (tertiary/aromatic N) is 7. The molecule has 4 aliphatic rings. The number of fused-ring (bicyclic) bond motifs is 5. The number of amides is 4. The monoisotopic (exact) mass is 838 g/mol. The molecule has 16 heteroatoms. The van der Waals surface area contributed by atoms with Gasteiger partial charge in [-0.05, 0) is 96.9 Å². The molecule has 0 radical (unpaired) electrons. The van der Waals surface area contributed by atoms with Crippen LogP contribution in [0.1, 0.15) is 77.1 Å². The number of carboxylic acid groups (broad SMARTS) is 1. The highest BCUT2D eigenvalue weighted by molar-refractivity contribution is 5.90. The van der Waals surface area contributed by atoms with Crippen LogP contribution in [0.2, 0.25) is 0 Å². The lowest BCUT2D eigenvalue weighted by Crippen LogP contribution is -2.52. The van der Waals surface area contributed by atoms with Crippen molar-refractivity contribution in [2.24, 2.45) is 23.7 Å². The van der Waals surface area contributed by atoms with Crippen molar-refractivity contribution in [1.82, 2.24) is 49.9 Å².